The smallest absolute Gasteiger partial charge is 0.108 e. The molecule has 3 nitrogen and oxygen atoms in total. The van der Waals surface area contributed by atoms with Gasteiger partial charge < -0.3 is 9.67 Å². The summed E-state index contributed by atoms with van der Waals surface area (Å²) >= 11 is 0. The van der Waals surface area contributed by atoms with Crippen molar-refractivity contribution < 1.29 is 5.11 Å². The zero-order valence-electron chi connectivity index (χ0n) is 7.53. The normalized spacial score (nSPS) is 10.5. The largest absolute Gasteiger partial charge is 0.396 e. The Morgan fingerprint density at radius 2 is 2.33 bits per heavy atom. The Morgan fingerprint density at radius 1 is 1.50 bits per heavy atom. The van der Waals surface area contributed by atoms with Gasteiger partial charge in [-0.2, -0.15) is 0 Å². The van der Waals surface area contributed by atoms with Gasteiger partial charge in [0.25, 0.3) is 0 Å². The van der Waals surface area contributed by atoms with Crippen LogP contribution in [0.15, 0.2) is 12.4 Å². The highest BCUT2D eigenvalue weighted by molar-refractivity contribution is 4.91. The molecule has 12 heavy (non-hydrogen) atoms. The van der Waals surface area contributed by atoms with Crippen molar-refractivity contribution in [1.82, 2.24) is 9.55 Å². The summed E-state index contributed by atoms with van der Waals surface area (Å²) in [6, 6.07) is 0. The average Bonchev–Trinajstić information content (AvgIpc) is 2.52. The molecule has 0 aliphatic heterocycles. The number of hydrogen-bond acceptors (Lipinski definition) is 2. The van der Waals surface area contributed by atoms with Crippen LogP contribution in [-0.4, -0.2) is 21.3 Å². The first kappa shape index (κ1) is 9.26. The summed E-state index contributed by atoms with van der Waals surface area (Å²) in [5.74, 6) is 1.13. The molecule has 0 bridgehead atoms. The van der Waals surface area contributed by atoms with Crippen LogP contribution in [0, 0.1) is 0 Å². The third-order valence-electron chi connectivity index (χ3n) is 1.93. The number of aryl methyl sites for hydroxylation is 2. The van der Waals surface area contributed by atoms with Gasteiger partial charge in [-0.1, -0.05) is 6.92 Å². The van der Waals surface area contributed by atoms with Gasteiger partial charge in [0, 0.05) is 32.0 Å². The van der Waals surface area contributed by atoms with Gasteiger partial charge in [0.15, 0.2) is 0 Å². The fourth-order valence-electron chi connectivity index (χ4n) is 1.25. The van der Waals surface area contributed by atoms with Crippen LogP contribution in [0.3, 0.4) is 0 Å². The van der Waals surface area contributed by atoms with Gasteiger partial charge in [-0.15, -0.1) is 0 Å². The lowest BCUT2D eigenvalue weighted by Crippen LogP contribution is -2.02. The van der Waals surface area contributed by atoms with Gasteiger partial charge in [0.1, 0.15) is 5.82 Å². The molecule has 1 heterocycles. The SMILES string of the molecule is CCc1nccn1CCCCO. The van der Waals surface area contributed by atoms with Gasteiger partial charge in [0.2, 0.25) is 0 Å². The second kappa shape index (κ2) is 4.93. The Labute approximate surface area is 73.1 Å². The molecule has 0 saturated carbocycles. The lowest BCUT2D eigenvalue weighted by atomic mass is 10.3. The molecule has 0 unspecified atom stereocenters. The third-order valence-corrected chi connectivity index (χ3v) is 1.93. The highest BCUT2D eigenvalue weighted by Gasteiger charge is 1.98. The molecule has 1 rings (SSSR count). The van der Waals surface area contributed by atoms with Crippen molar-refractivity contribution in [2.24, 2.45) is 0 Å². The molecule has 0 amide bonds. The standard InChI is InChI=1S/C9H16N2O/c1-2-9-10-5-7-11(9)6-3-4-8-12/h5,7,12H,2-4,6,8H2,1H3. The zero-order valence-corrected chi connectivity index (χ0v) is 7.53. The van der Waals surface area contributed by atoms with Crippen molar-refractivity contribution in [3.8, 4) is 0 Å². The van der Waals surface area contributed by atoms with E-state index in [0.29, 0.717) is 0 Å². The first-order chi connectivity index (χ1) is 5.88. The first-order valence-electron chi connectivity index (χ1n) is 4.49. The quantitative estimate of drug-likeness (QED) is 0.671. The number of aromatic nitrogens is 2. The zero-order chi connectivity index (χ0) is 8.81. The predicted molar refractivity (Wildman–Crippen MR) is 47.9 cm³/mol. The van der Waals surface area contributed by atoms with Crippen molar-refractivity contribution >= 4 is 0 Å². The molecule has 1 N–H and O–H groups in total. The summed E-state index contributed by atoms with van der Waals surface area (Å²) in [4.78, 5) is 4.21. The maximum absolute atomic E-state index is 8.60. The van der Waals surface area contributed by atoms with Gasteiger partial charge in [-0.05, 0) is 12.8 Å². The van der Waals surface area contributed by atoms with E-state index in [4.69, 9.17) is 5.11 Å². The van der Waals surface area contributed by atoms with Crippen molar-refractivity contribution in [2.45, 2.75) is 32.7 Å². The number of hydrogen-bond donors (Lipinski definition) is 1. The molecule has 0 fully saturated rings. The van der Waals surface area contributed by atoms with Crippen molar-refractivity contribution in [1.29, 1.82) is 0 Å². The van der Waals surface area contributed by atoms with E-state index in [2.05, 4.69) is 16.5 Å². The molecule has 0 aliphatic rings. The first-order valence-corrected chi connectivity index (χ1v) is 4.49. The van der Waals surface area contributed by atoms with Gasteiger partial charge >= 0.3 is 0 Å². The highest BCUT2D eigenvalue weighted by atomic mass is 16.2. The Morgan fingerprint density at radius 3 is 3.00 bits per heavy atom. The summed E-state index contributed by atoms with van der Waals surface area (Å²) in [6.45, 7) is 3.37. The Bertz CT molecular complexity index is 220. The number of imidazole rings is 1. The lowest BCUT2D eigenvalue weighted by molar-refractivity contribution is 0.281. The number of nitrogens with zero attached hydrogens (tertiary/aromatic N) is 2. The van der Waals surface area contributed by atoms with Gasteiger partial charge in [-0.25, -0.2) is 4.98 Å². The number of aliphatic hydroxyl groups excluding tert-OH is 1. The summed E-state index contributed by atoms with van der Waals surface area (Å²) in [5.41, 5.74) is 0. The second-order valence-corrected chi connectivity index (χ2v) is 2.82. The lowest BCUT2D eigenvalue weighted by Gasteiger charge is -2.04. The molecule has 1 aromatic rings. The van der Waals surface area contributed by atoms with Crippen LogP contribution in [0.5, 0.6) is 0 Å². The van der Waals surface area contributed by atoms with Gasteiger partial charge in [0.05, 0.1) is 0 Å². The number of aliphatic hydroxyl groups is 1. The van der Waals surface area contributed by atoms with E-state index in [1.165, 1.54) is 0 Å². The summed E-state index contributed by atoms with van der Waals surface area (Å²) in [7, 11) is 0. The molecule has 0 radical (unpaired) electrons. The van der Waals surface area contributed by atoms with Crippen LogP contribution in [0.1, 0.15) is 25.6 Å². The Kier molecular flexibility index (Phi) is 3.80. The molecule has 1 aromatic heterocycles. The van der Waals surface area contributed by atoms with Crippen molar-refractivity contribution in [3.63, 3.8) is 0 Å². The minimum Gasteiger partial charge on any atom is -0.396 e. The van der Waals surface area contributed by atoms with E-state index in [-0.39, 0.29) is 6.61 Å². The molecular weight excluding hydrogens is 152 g/mol. The summed E-state index contributed by atoms with van der Waals surface area (Å²) in [6.07, 6.45) is 6.71. The minimum atomic E-state index is 0.288. The topological polar surface area (TPSA) is 38.0 Å². The molecule has 0 spiro atoms. The van der Waals surface area contributed by atoms with Crippen molar-refractivity contribution in [3.05, 3.63) is 18.2 Å². The summed E-state index contributed by atoms with van der Waals surface area (Å²) < 4.78 is 2.15. The number of unbranched alkanes of at least 4 members (excludes halogenated alkanes) is 1. The highest BCUT2D eigenvalue weighted by Crippen LogP contribution is 2.01. The molecule has 68 valence electrons. The average molecular weight is 168 g/mol. The predicted octanol–water partition coefficient (Wildman–Crippen LogP) is 1.22. The Hall–Kier alpha value is -0.830. The molecule has 0 aliphatic carbocycles. The monoisotopic (exact) mass is 168 g/mol. The minimum absolute atomic E-state index is 0.288. The third kappa shape index (κ3) is 2.34. The maximum atomic E-state index is 8.60. The van der Waals surface area contributed by atoms with Crippen LogP contribution < -0.4 is 0 Å². The van der Waals surface area contributed by atoms with Gasteiger partial charge in [-0.3, -0.25) is 0 Å². The summed E-state index contributed by atoms with van der Waals surface area (Å²) in [5, 5.41) is 8.60. The van der Waals surface area contributed by atoms with Crippen LogP contribution in [0.2, 0.25) is 0 Å². The fourth-order valence-corrected chi connectivity index (χ4v) is 1.25. The van der Waals surface area contributed by atoms with Crippen LogP contribution in [-0.2, 0) is 13.0 Å². The van der Waals surface area contributed by atoms with E-state index in [0.717, 1.165) is 31.6 Å². The maximum Gasteiger partial charge on any atom is 0.108 e. The fraction of sp³-hybridized carbons (Fsp3) is 0.667. The van der Waals surface area contributed by atoms with Crippen LogP contribution >= 0.6 is 0 Å². The van der Waals surface area contributed by atoms with E-state index in [9.17, 15) is 0 Å². The Balaban J connectivity index is 2.39. The molecule has 3 heteroatoms. The van der Waals surface area contributed by atoms with Crippen LogP contribution in [0.4, 0.5) is 0 Å². The van der Waals surface area contributed by atoms with Crippen LogP contribution in [0.25, 0.3) is 0 Å². The van der Waals surface area contributed by atoms with E-state index in [1.807, 2.05) is 12.4 Å². The molecule has 0 aromatic carbocycles. The van der Waals surface area contributed by atoms with Crippen molar-refractivity contribution in [2.75, 3.05) is 6.61 Å². The van der Waals surface area contributed by atoms with E-state index in [1.54, 1.807) is 0 Å². The molecular formula is C9H16N2O. The molecule has 0 saturated heterocycles. The number of rotatable bonds is 5. The second-order valence-electron chi connectivity index (χ2n) is 2.82. The van der Waals surface area contributed by atoms with E-state index >= 15 is 0 Å². The molecule has 0 atom stereocenters. The van der Waals surface area contributed by atoms with E-state index < -0.39 is 0 Å².